The standard InChI is InChI=1S/C15H30N2O2/c1-12(2)19-13-6-9-17(10-7-13)11-8-16-14(18)15(3,4)5/h12-13H,6-11H2,1-5H3,(H,16,18). The molecule has 1 fully saturated rings. The van der Waals surface area contributed by atoms with Crippen molar-refractivity contribution in [1.29, 1.82) is 0 Å². The van der Waals surface area contributed by atoms with E-state index in [-0.39, 0.29) is 11.3 Å². The Hall–Kier alpha value is -0.610. The van der Waals surface area contributed by atoms with E-state index in [0.29, 0.717) is 12.2 Å². The number of nitrogens with zero attached hydrogens (tertiary/aromatic N) is 1. The van der Waals surface area contributed by atoms with Gasteiger partial charge in [-0.3, -0.25) is 4.79 Å². The van der Waals surface area contributed by atoms with E-state index in [0.717, 1.165) is 39.0 Å². The van der Waals surface area contributed by atoms with Gasteiger partial charge in [0.1, 0.15) is 0 Å². The van der Waals surface area contributed by atoms with Gasteiger partial charge >= 0.3 is 0 Å². The molecule has 0 saturated carbocycles. The van der Waals surface area contributed by atoms with Gasteiger partial charge in [0.05, 0.1) is 12.2 Å². The third-order valence-corrected chi connectivity index (χ3v) is 3.39. The Labute approximate surface area is 117 Å². The predicted octanol–water partition coefficient (Wildman–Crippen LogP) is 2.04. The Morgan fingerprint density at radius 1 is 1.32 bits per heavy atom. The Morgan fingerprint density at radius 3 is 2.37 bits per heavy atom. The summed E-state index contributed by atoms with van der Waals surface area (Å²) in [6.45, 7) is 13.8. The SMILES string of the molecule is CC(C)OC1CCN(CCNC(=O)C(C)(C)C)CC1. The van der Waals surface area contributed by atoms with Gasteiger partial charge in [0.25, 0.3) is 0 Å². The van der Waals surface area contributed by atoms with E-state index < -0.39 is 0 Å². The fourth-order valence-electron chi connectivity index (χ4n) is 2.25. The lowest BCUT2D eigenvalue weighted by Gasteiger charge is -2.33. The summed E-state index contributed by atoms with van der Waals surface area (Å²) in [6, 6.07) is 0. The van der Waals surface area contributed by atoms with Crippen LogP contribution in [0.4, 0.5) is 0 Å². The second-order valence-electron chi connectivity index (χ2n) is 6.73. The Kier molecular flexibility index (Phi) is 6.27. The number of rotatable bonds is 5. The minimum Gasteiger partial charge on any atom is -0.375 e. The maximum atomic E-state index is 11.7. The molecule has 1 N–H and O–H groups in total. The first-order valence-corrected chi connectivity index (χ1v) is 7.45. The molecule has 1 rings (SSSR count). The second-order valence-corrected chi connectivity index (χ2v) is 6.73. The van der Waals surface area contributed by atoms with Crippen LogP contribution < -0.4 is 5.32 Å². The first-order chi connectivity index (χ1) is 8.79. The molecule has 0 aromatic heterocycles. The van der Waals surface area contributed by atoms with Crippen molar-refractivity contribution < 1.29 is 9.53 Å². The first kappa shape index (κ1) is 16.4. The third-order valence-electron chi connectivity index (χ3n) is 3.39. The van der Waals surface area contributed by atoms with Crippen LogP contribution in [0.1, 0.15) is 47.5 Å². The summed E-state index contributed by atoms with van der Waals surface area (Å²) in [5, 5.41) is 3.00. The molecular formula is C15H30N2O2. The van der Waals surface area contributed by atoms with Gasteiger partial charge in [0, 0.05) is 31.6 Å². The summed E-state index contributed by atoms with van der Waals surface area (Å²) in [5.41, 5.74) is -0.294. The van der Waals surface area contributed by atoms with Gasteiger partial charge in [0.2, 0.25) is 5.91 Å². The summed E-state index contributed by atoms with van der Waals surface area (Å²) in [4.78, 5) is 14.1. The van der Waals surface area contributed by atoms with Crippen LogP contribution in [0, 0.1) is 5.41 Å². The van der Waals surface area contributed by atoms with E-state index in [4.69, 9.17) is 4.74 Å². The molecule has 0 radical (unpaired) electrons. The highest BCUT2D eigenvalue weighted by molar-refractivity contribution is 5.81. The van der Waals surface area contributed by atoms with E-state index in [9.17, 15) is 4.79 Å². The molecule has 0 aromatic carbocycles. The number of amides is 1. The molecule has 1 aliphatic rings. The number of hydrogen-bond donors (Lipinski definition) is 1. The molecule has 1 heterocycles. The maximum Gasteiger partial charge on any atom is 0.225 e. The zero-order chi connectivity index (χ0) is 14.5. The Balaban J connectivity index is 2.15. The number of nitrogens with one attached hydrogen (secondary N) is 1. The second kappa shape index (κ2) is 7.25. The quantitative estimate of drug-likeness (QED) is 0.831. The number of hydrogen-bond acceptors (Lipinski definition) is 3. The summed E-state index contributed by atoms with van der Waals surface area (Å²) in [7, 11) is 0. The monoisotopic (exact) mass is 270 g/mol. The van der Waals surface area contributed by atoms with E-state index in [2.05, 4.69) is 24.1 Å². The van der Waals surface area contributed by atoms with Crippen LogP contribution in [0.5, 0.6) is 0 Å². The lowest BCUT2D eigenvalue weighted by atomic mass is 9.96. The van der Waals surface area contributed by atoms with Gasteiger partial charge in [-0.15, -0.1) is 0 Å². The molecule has 0 aliphatic carbocycles. The van der Waals surface area contributed by atoms with Crippen LogP contribution in [0.3, 0.4) is 0 Å². The van der Waals surface area contributed by atoms with Crippen LogP contribution in [-0.2, 0) is 9.53 Å². The summed E-state index contributed by atoms with van der Waals surface area (Å²) < 4.78 is 5.83. The van der Waals surface area contributed by atoms with E-state index in [1.54, 1.807) is 0 Å². The number of piperidine rings is 1. The molecule has 19 heavy (non-hydrogen) atoms. The van der Waals surface area contributed by atoms with Crippen molar-refractivity contribution in [2.75, 3.05) is 26.2 Å². The summed E-state index contributed by atoms with van der Waals surface area (Å²) in [5.74, 6) is 0.130. The average molecular weight is 270 g/mol. The predicted molar refractivity (Wildman–Crippen MR) is 78.1 cm³/mol. The van der Waals surface area contributed by atoms with E-state index in [1.165, 1.54) is 0 Å². The van der Waals surface area contributed by atoms with E-state index >= 15 is 0 Å². The molecule has 0 bridgehead atoms. The van der Waals surface area contributed by atoms with Gasteiger partial charge in [-0.2, -0.15) is 0 Å². The summed E-state index contributed by atoms with van der Waals surface area (Å²) in [6.07, 6.45) is 2.94. The number of likely N-dealkylation sites (tertiary alicyclic amines) is 1. The molecule has 1 amide bonds. The Morgan fingerprint density at radius 2 is 1.89 bits per heavy atom. The van der Waals surface area contributed by atoms with Gasteiger partial charge in [-0.1, -0.05) is 20.8 Å². The molecule has 1 saturated heterocycles. The van der Waals surface area contributed by atoms with Crippen LogP contribution in [0.25, 0.3) is 0 Å². The van der Waals surface area contributed by atoms with Gasteiger partial charge in [-0.05, 0) is 26.7 Å². The molecule has 0 unspecified atom stereocenters. The lowest BCUT2D eigenvalue weighted by molar-refractivity contribution is -0.128. The van der Waals surface area contributed by atoms with Crippen molar-refractivity contribution in [1.82, 2.24) is 10.2 Å². The normalized spacial score (nSPS) is 18.8. The third kappa shape index (κ3) is 6.39. The maximum absolute atomic E-state index is 11.7. The first-order valence-electron chi connectivity index (χ1n) is 7.45. The highest BCUT2D eigenvalue weighted by atomic mass is 16.5. The highest BCUT2D eigenvalue weighted by Crippen LogP contribution is 2.15. The molecule has 4 nitrogen and oxygen atoms in total. The largest absolute Gasteiger partial charge is 0.375 e. The zero-order valence-corrected chi connectivity index (χ0v) is 13.2. The van der Waals surface area contributed by atoms with Gasteiger partial charge < -0.3 is 15.0 Å². The van der Waals surface area contributed by atoms with E-state index in [1.807, 2.05) is 20.8 Å². The minimum absolute atomic E-state index is 0.130. The molecule has 112 valence electrons. The van der Waals surface area contributed by atoms with Crippen molar-refractivity contribution in [3.63, 3.8) is 0 Å². The lowest BCUT2D eigenvalue weighted by Crippen LogP contribution is -2.43. The van der Waals surface area contributed by atoms with Crippen LogP contribution in [0.2, 0.25) is 0 Å². The van der Waals surface area contributed by atoms with Crippen LogP contribution >= 0.6 is 0 Å². The smallest absolute Gasteiger partial charge is 0.225 e. The van der Waals surface area contributed by atoms with Gasteiger partial charge in [-0.25, -0.2) is 0 Å². The minimum atomic E-state index is -0.294. The van der Waals surface area contributed by atoms with Crippen molar-refractivity contribution >= 4 is 5.91 Å². The zero-order valence-electron chi connectivity index (χ0n) is 13.2. The fourth-order valence-corrected chi connectivity index (χ4v) is 2.25. The van der Waals surface area contributed by atoms with Crippen LogP contribution in [-0.4, -0.2) is 49.2 Å². The highest BCUT2D eigenvalue weighted by Gasteiger charge is 2.22. The molecule has 0 atom stereocenters. The number of carbonyl (C=O) groups is 1. The average Bonchev–Trinajstić information content (AvgIpc) is 2.29. The summed E-state index contributed by atoms with van der Waals surface area (Å²) >= 11 is 0. The van der Waals surface area contributed by atoms with Crippen molar-refractivity contribution in [3.05, 3.63) is 0 Å². The molecular weight excluding hydrogens is 240 g/mol. The molecule has 0 spiro atoms. The number of ether oxygens (including phenoxy) is 1. The molecule has 0 aromatic rings. The Bertz CT molecular complexity index is 276. The number of carbonyl (C=O) groups excluding carboxylic acids is 1. The molecule has 1 aliphatic heterocycles. The van der Waals surface area contributed by atoms with Gasteiger partial charge in [0.15, 0.2) is 0 Å². The fraction of sp³-hybridized carbons (Fsp3) is 0.933. The van der Waals surface area contributed by atoms with Crippen molar-refractivity contribution in [2.45, 2.75) is 59.7 Å². The topological polar surface area (TPSA) is 41.6 Å². The molecule has 4 heteroatoms. The van der Waals surface area contributed by atoms with Crippen molar-refractivity contribution in [3.8, 4) is 0 Å². The van der Waals surface area contributed by atoms with Crippen molar-refractivity contribution in [2.24, 2.45) is 5.41 Å². The van der Waals surface area contributed by atoms with Crippen LogP contribution in [0.15, 0.2) is 0 Å².